The molecule has 3 rings (SSSR count). The van der Waals surface area contributed by atoms with Gasteiger partial charge in [-0.25, -0.2) is 8.42 Å². The molecule has 10 heteroatoms. The maximum absolute atomic E-state index is 12.6. The minimum atomic E-state index is -3.66. The molecule has 0 aliphatic carbocycles. The van der Waals surface area contributed by atoms with Crippen LogP contribution < -0.4 is 5.32 Å². The van der Waals surface area contributed by atoms with Gasteiger partial charge in [-0.1, -0.05) is 11.6 Å². The summed E-state index contributed by atoms with van der Waals surface area (Å²) < 4.78 is 32.6. The van der Waals surface area contributed by atoms with E-state index in [2.05, 4.69) is 26.2 Å². The van der Waals surface area contributed by atoms with Gasteiger partial charge in [0.05, 0.1) is 21.4 Å². The zero-order valence-corrected chi connectivity index (χ0v) is 16.4. The highest BCUT2D eigenvalue weighted by Gasteiger charge is 2.31. The largest absolute Gasteiger partial charge is 0.455 e. The molecule has 0 atom stereocenters. The second kappa shape index (κ2) is 7.06. The van der Waals surface area contributed by atoms with E-state index in [1.54, 1.807) is 0 Å². The number of nitrogens with one attached hydrogen (secondary N) is 1. The Bertz CT molecular complexity index is 923. The Hall–Kier alpha value is -1.42. The van der Waals surface area contributed by atoms with Crippen LogP contribution in [0.1, 0.15) is 29.2 Å². The predicted octanol–water partition coefficient (Wildman–Crippen LogP) is 3.44. The SMILES string of the molecule is Cc1oc(C(=O)Nc2cncc(Br)c2Cl)cc1S(=O)(=O)N1CCCC1. The molecule has 7 nitrogen and oxygen atoms in total. The normalized spacial score (nSPS) is 15.5. The lowest BCUT2D eigenvalue weighted by molar-refractivity contribution is 0.0995. The fourth-order valence-corrected chi connectivity index (χ4v) is 4.75. The fraction of sp³-hybridized carbons (Fsp3) is 0.333. The predicted molar refractivity (Wildman–Crippen MR) is 96.3 cm³/mol. The van der Waals surface area contributed by atoms with Crippen LogP contribution in [-0.4, -0.2) is 36.7 Å². The van der Waals surface area contributed by atoms with Gasteiger partial charge in [-0.05, 0) is 35.7 Å². The zero-order valence-electron chi connectivity index (χ0n) is 13.3. The summed E-state index contributed by atoms with van der Waals surface area (Å²) >= 11 is 9.30. The van der Waals surface area contributed by atoms with E-state index in [-0.39, 0.29) is 21.4 Å². The first-order valence-electron chi connectivity index (χ1n) is 7.51. The molecule has 1 N–H and O–H groups in total. The Morgan fingerprint density at radius 3 is 2.72 bits per heavy atom. The molecule has 1 aliphatic rings. The van der Waals surface area contributed by atoms with Crippen molar-refractivity contribution in [3.05, 3.63) is 39.5 Å². The molecule has 0 unspecified atom stereocenters. The van der Waals surface area contributed by atoms with Gasteiger partial charge in [-0.3, -0.25) is 9.78 Å². The van der Waals surface area contributed by atoms with Crippen LogP contribution in [0.5, 0.6) is 0 Å². The Balaban J connectivity index is 1.87. The Morgan fingerprint density at radius 1 is 1.36 bits per heavy atom. The van der Waals surface area contributed by atoms with Gasteiger partial charge in [0.15, 0.2) is 5.76 Å². The van der Waals surface area contributed by atoms with Crippen LogP contribution >= 0.6 is 27.5 Å². The molecule has 1 saturated heterocycles. The average Bonchev–Trinajstić information content (AvgIpc) is 3.21. The molecular formula is C15H15BrClN3O4S. The molecule has 0 aromatic carbocycles. The molecule has 0 spiro atoms. The van der Waals surface area contributed by atoms with Crippen LogP contribution in [0, 0.1) is 6.92 Å². The van der Waals surface area contributed by atoms with Gasteiger partial charge >= 0.3 is 0 Å². The summed E-state index contributed by atoms with van der Waals surface area (Å²) in [5.41, 5.74) is 0.291. The molecule has 1 aliphatic heterocycles. The van der Waals surface area contributed by atoms with E-state index in [1.165, 1.54) is 29.7 Å². The fourth-order valence-electron chi connectivity index (χ4n) is 2.59. The summed E-state index contributed by atoms with van der Waals surface area (Å²) in [5, 5.41) is 2.85. The van der Waals surface area contributed by atoms with Crippen molar-refractivity contribution in [1.29, 1.82) is 0 Å². The van der Waals surface area contributed by atoms with Crippen molar-refractivity contribution in [1.82, 2.24) is 9.29 Å². The molecule has 25 heavy (non-hydrogen) atoms. The minimum absolute atomic E-state index is 0.0121. The third-order valence-electron chi connectivity index (χ3n) is 3.86. The smallest absolute Gasteiger partial charge is 0.291 e. The Morgan fingerprint density at radius 2 is 2.04 bits per heavy atom. The molecule has 134 valence electrons. The van der Waals surface area contributed by atoms with Crippen molar-refractivity contribution >= 4 is 49.1 Å². The van der Waals surface area contributed by atoms with E-state index in [4.69, 9.17) is 16.0 Å². The van der Waals surface area contributed by atoms with Crippen LogP contribution in [0.2, 0.25) is 5.02 Å². The van der Waals surface area contributed by atoms with E-state index < -0.39 is 15.9 Å². The van der Waals surface area contributed by atoms with Crippen LogP contribution in [0.25, 0.3) is 0 Å². The minimum Gasteiger partial charge on any atom is -0.455 e. The third-order valence-corrected chi connectivity index (χ3v) is 7.11. The summed E-state index contributed by atoms with van der Waals surface area (Å²) in [5.74, 6) is -0.533. The quantitative estimate of drug-likeness (QED) is 0.773. The molecule has 1 fully saturated rings. The van der Waals surface area contributed by atoms with Gasteiger partial charge in [0.2, 0.25) is 10.0 Å². The van der Waals surface area contributed by atoms with E-state index >= 15 is 0 Å². The van der Waals surface area contributed by atoms with Crippen molar-refractivity contribution < 1.29 is 17.6 Å². The van der Waals surface area contributed by atoms with E-state index in [1.807, 2.05) is 0 Å². The van der Waals surface area contributed by atoms with Crippen LogP contribution in [-0.2, 0) is 10.0 Å². The van der Waals surface area contributed by atoms with Crippen molar-refractivity contribution in [2.24, 2.45) is 0 Å². The number of amides is 1. The summed E-state index contributed by atoms with van der Waals surface area (Å²) in [6, 6.07) is 1.25. The van der Waals surface area contributed by atoms with Crippen molar-refractivity contribution in [3.63, 3.8) is 0 Å². The monoisotopic (exact) mass is 447 g/mol. The number of furan rings is 1. The number of anilines is 1. The summed E-state index contributed by atoms with van der Waals surface area (Å²) in [6.07, 6.45) is 4.55. The number of halogens is 2. The Kier molecular flexibility index (Phi) is 5.19. The number of hydrogen-bond donors (Lipinski definition) is 1. The zero-order chi connectivity index (χ0) is 18.2. The number of carbonyl (C=O) groups excluding carboxylic acids is 1. The second-order valence-corrected chi connectivity index (χ2v) is 8.72. The van der Waals surface area contributed by atoms with Gasteiger partial charge < -0.3 is 9.73 Å². The van der Waals surface area contributed by atoms with E-state index in [9.17, 15) is 13.2 Å². The number of carbonyl (C=O) groups is 1. The number of rotatable bonds is 4. The van der Waals surface area contributed by atoms with Crippen LogP contribution in [0.15, 0.2) is 32.2 Å². The summed E-state index contributed by atoms with van der Waals surface area (Å²) in [7, 11) is -3.66. The first kappa shape index (κ1) is 18.4. The van der Waals surface area contributed by atoms with Gasteiger partial charge in [0.25, 0.3) is 5.91 Å². The van der Waals surface area contributed by atoms with Crippen molar-refractivity contribution in [2.45, 2.75) is 24.7 Å². The van der Waals surface area contributed by atoms with Gasteiger partial charge in [-0.15, -0.1) is 0 Å². The molecule has 2 aromatic rings. The molecule has 0 bridgehead atoms. The highest BCUT2D eigenvalue weighted by molar-refractivity contribution is 9.10. The number of hydrogen-bond acceptors (Lipinski definition) is 5. The lowest BCUT2D eigenvalue weighted by Crippen LogP contribution is -2.28. The summed E-state index contributed by atoms with van der Waals surface area (Å²) in [4.78, 5) is 16.3. The number of aryl methyl sites for hydroxylation is 1. The highest BCUT2D eigenvalue weighted by Crippen LogP contribution is 2.30. The Labute approximate surface area is 158 Å². The topological polar surface area (TPSA) is 92.5 Å². The molecule has 0 saturated carbocycles. The van der Waals surface area contributed by atoms with Gasteiger partial charge in [0, 0.05) is 25.4 Å². The first-order valence-corrected chi connectivity index (χ1v) is 10.1. The number of nitrogens with zero attached hydrogens (tertiary/aromatic N) is 2. The lowest BCUT2D eigenvalue weighted by Gasteiger charge is -2.14. The second-order valence-electron chi connectivity index (χ2n) is 5.58. The maximum Gasteiger partial charge on any atom is 0.291 e. The number of sulfonamides is 1. The average molecular weight is 449 g/mol. The van der Waals surface area contributed by atoms with Gasteiger partial charge in [-0.2, -0.15) is 4.31 Å². The molecule has 2 aromatic heterocycles. The van der Waals surface area contributed by atoms with Crippen LogP contribution in [0.3, 0.4) is 0 Å². The number of pyridine rings is 1. The molecule has 0 radical (unpaired) electrons. The van der Waals surface area contributed by atoms with Crippen LogP contribution in [0.4, 0.5) is 5.69 Å². The third kappa shape index (κ3) is 3.59. The molecule has 1 amide bonds. The lowest BCUT2D eigenvalue weighted by atomic mass is 10.3. The van der Waals surface area contributed by atoms with E-state index in [0.717, 1.165) is 12.8 Å². The first-order chi connectivity index (χ1) is 11.8. The number of aromatic nitrogens is 1. The molecule has 3 heterocycles. The highest BCUT2D eigenvalue weighted by atomic mass is 79.9. The summed E-state index contributed by atoms with van der Waals surface area (Å²) in [6.45, 7) is 2.48. The van der Waals surface area contributed by atoms with Gasteiger partial charge in [0.1, 0.15) is 10.7 Å². The van der Waals surface area contributed by atoms with Crippen molar-refractivity contribution in [3.8, 4) is 0 Å². The molecular weight excluding hydrogens is 434 g/mol. The van der Waals surface area contributed by atoms with Crippen molar-refractivity contribution in [2.75, 3.05) is 18.4 Å². The van der Waals surface area contributed by atoms with E-state index in [0.29, 0.717) is 23.2 Å². The standard InChI is InChI=1S/C15H15BrClN3O4S/c1-9-13(25(22,23)20-4-2-3-5-20)6-12(24-9)15(21)19-11-8-18-7-10(16)14(11)17/h6-8H,2-5H2,1H3,(H,19,21). The maximum atomic E-state index is 12.6.